The average molecular weight is 690 g/mol. The number of carbonyl (C=O) groups is 8. The van der Waals surface area contributed by atoms with Gasteiger partial charge in [-0.15, -0.1) is 0 Å². The molecule has 3 aliphatic rings. The van der Waals surface area contributed by atoms with Crippen molar-refractivity contribution in [2.75, 3.05) is 0 Å². The smallest absolute Gasteiger partial charge is 0.411 e. The van der Waals surface area contributed by atoms with Crippen molar-refractivity contribution >= 4 is 47.8 Å². The molecule has 254 valence electrons. The van der Waals surface area contributed by atoms with E-state index in [9.17, 15) is 64.7 Å². The summed E-state index contributed by atoms with van der Waals surface area (Å²) in [6.45, 7) is 0. The summed E-state index contributed by atoms with van der Waals surface area (Å²) in [5.74, 6) is -13.0. The van der Waals surface area contributed by atoms with E-state index in [4.69, 9.17) is 20.4 Å². The van der Waals surface area contributed by atoms with Gasteiger partial charge in [0.15, 0.2) is 10.8 Å². The van der Waals surface area contributed by atoms with Gasteiger partial charge in [-0.25, -0.2) is 19.2 Å². The Morgan fingerprint density at radius 3 is 1.10 bits per heavy atom. The maximum absolute atomic E-state index is 14.2. The van der Waals surface area contributed by atoms with E-state index >= 15 is 0 Å². The summed E-state index contributed by atoms with van der Waals surface area (Å²) in [4.78, 5) is 90.8. The number of cyclic esters (lactones) is 4. The molecule has 2 aromatic carbocycles. The van der Waals surface area contributed by atoms with Gasteiger partial charge in [-0.3, -0.25) is 19.2 Å². The molecule has 0 unspecified atom stereocenters. The lowest BCUT2D eigenvalue weighted by Crippen LogP contribution is -2.57. The molecule has 1 fully saturated rings. The maximum atomic E-state index is 14.2. The summed E-state index contributed by atoms with van der Waals surface area (Å²) in [7, 11) is 0. The number of hydrogen-bond acceptors (Lipinski definition) is 10. The molecule has 0 bridgehead atoms. The number of carboxylic acid groups (broad SMARTS) is 4. The van der Waals surface area contributed by atoms with Crippen LogP contribution in [-0.4, -0.2) is 80.5 Å². The number of benzene rings is 2. The zero-order chi connectivity index (χ0) is 36.4. The summed E-state index contributed by atoms with van der Waals surface area (Å²) >= 11 is 0. The van der Waals surface area contributed by atoms with Crippen LogP contribution in [0.15, 0.2) is 36.4 Å². The van der Waals surface area contributed by atoms with Gasteiger partial charge in [0.2, 0.25) is 5.41 Å². The van der Waals surface area contributed by atoms with Crippen LogP contribution >= 0.6 is 0 Å². The molecule has 4 N–H and O–H groups in total. The zero-order valence-corrected chi connectivity index (χ0v) is 23.2. The number of carboxylic acids is 4. The van der Waals surface area contributed by atoms with Gasteiger partial charge >= 0.3 is 60.1 Å². The Morgan fingerprint density at radius 2 is 0.833 bits per heavy atom. The van der Waals surface area contributed by atoms with E-state index < -0.39 is 123 Å². The van der Waals surface area contributed by atoms with Crippen LogP contribution in [0, 0.1) is 10.8 Å². The zero-order valence-electron chi connectivity index (χ0n) is 23.2. The van der Waals surface area contributed by atoms with E-state index in [1.54, 1.807) is 0 Å². The van der Waals surface area contributed by atoms with Crippen molar-refractivity contribution in [2.24, 2.45) is 10.8 Å². The van der Waals surface area contributed by atoms with Gasteiger partial charge < -0.3 is 29.9 Å². The van der Waals surface area contributed by atoms with E-state index in [0.717, 1.165) is 0 Å². The van der Waals surface area contributed by atoms with Crippen molar-refractivity contribution in [3.63, 3.8) is 0 Å². The maximum Gasteiger partial charge on any atom is 0.411 e. The van der Waals surface area contributed by atoms with Gasteiger partial charge in [0.25, 0.3) is 0 Å². The highest BCUT2D eigenvalue weighted by Crippen LogP contribution is 2.57. The molecular formula is C28H16F6O14. The number of alkyl halides is 6. The summed E-state index contributed by atoms with van der Waals surface area (Å²) in [6.07, 6.45) is -13.2. The molecule has 0 saturated heterocycles. The first-order valence-electron chi connectivity index (χ1n) is 12.9. The lowest BCUT2D eigenvalue weighted by atomic mass is 9.65. The van der Waals surface area contributed by atoms with E-state index in [-0.39, 0.29) is 18.6 Å². The number of fused-ring (bicyclic) bond motifs is 2. The van der Waals surface area contributed by atoms with Gasteiger partial charge in [-0.1, -0.05) is 12.1 Å². The Hall–Kier alpha value is -5.82. The third-order valence-electron chi connectivity index (χ3n) is 8.30. The Bertz CT molecular complexity index is 1680. The van der Waals surface area contributed by atoms with Gasteiger partial charge in [0, 0.05) is 0 Å². The fraction of sp³-hybridized carbons (Fsp3) is 0.286. The quantitative estimate of drug-likeness (QED) is 0.194. The minimum atomic E-state index is -6.02. The standard InChI is InChI=1S/C19H6F6O6.C9H10O8/c20-18(21,22)17(19(23,24)25,7-1-3-9-11(5-7)15(28)30-13(9)26)8-2-4-10-12(6-8)16(29)31-14(10)27;10-4(11)8(5(12)13)2-1-3-9(8,6(14)15)7(16)17/h1-6H;1-3H2,(H,10,11)(H,12,13)(H,14,15)(H,16,17). The minimum absolute atomic E-state index is 0.0861. The minimum Gasteiger partial charge on any atom is -0.480 e. The number of carbonyl (C=O) groups excluding carboxylic acids is 4. The Kier molecular flexibility index (Phi) is 8.15. The molecule has 20 heteroatoms. The van der Waals surface area contributed by atoms with Crippen LogP contribution in [0.1, 0.15) is 71.8 Å². The number of ether oxygens (including phenoxy) is 2. The van der Waals surface area contributed by atoms with Crippen LogP contribution in [0.4, 0.5) is 26.3 Å². The molecule has 2 aliphatic heterocycles. The van der Waals surface area contributed by atoms with Crippen LogP contribution in [0.25, 0.3) is 0 Å². The van der Waals surface area contributed by atoms with Crippen LogP contribution in [0.5, 0.6) is 0 Å². The molecule has 0 spiro atoms. The summed E-state index contributed by atoms with van der Waals surface area (Å²) in [5.41, 5.74) is -15.7. The topological polar surface area (TPSA) is 236 Å². The monoisotopic (exact) mass is 690 g/mol. The molecular weight excluding hydrogens is 674 g/mol. The van der Waals surface area contributed by atoms with Gasteiger partial charge in [-0.2, -0.15) is 26.3 Å². The van der Waals surface area contributed by atoms with Crippen molar-refractivity contribution in [3.8, 4) is 0 Å². The third-order valence-corrected chi connectivity index (χ3v) is 8.30. The molecule has 2 aromatic rings. The fourth-order valence-electron chi connectivity index (χ4n) is 6.01. The highest BCUT2D eigenvalue weighted by atomic mass is 19.4. The average Bonchev–Trinajstić information content (AvgIpc) is 3.60. The predicted octanol–water partition coefficient (Wildman–Crippen LogP) is 3.20. The van der Waals surface area contributed by atoms with Crippen molar-refractivity contribution in [1.29, 1.82) is 0 Å². The Morgan fingerprint density at radius 1 is 0.542 bits per heavy atom. The van der Waals surface area contributed by atoms with Gasteiger partial charge in [0.1, 0.15) is 0 Å². The van der Waals surface area contributed by atoms with Crippen molar-refractivity contribution in [2.45, 2.75) is 37.0 Å². The van der Waals surface area contributed by atoms with Gasteiger partial charge in [-0.05, 0) is 54.7 Å². The van der Waals surface area contributed by atoms with E-state index in [1.807, 2.05) is 0 Å². The third kappa shape index (κ3) is 4.65. The molecule has 5 rings (SSSR count). The molecule has 0 atom stereocenters. The Labute approximate surface area is 260 Å². The molecule has 0 amide bonds. The van der Waals surface area contributed by atoms with E-state index in [2.05, 4.69) is 9.47 Å². The first-order valence-corrected chi connectivity index (χ1v) is 12.9. The molecule has 0 aromatic heterocycles. The lowest BCUT2D eigenvalue weighted by molar-refractivity contribution is -0.288. The second-order valence-corrected chi connectivity index (χ2v) is 10.5. The number of rotatable bonds is 6. The second-order valence-electron chi connectivity index (χ2n) is 10.5. The molecule has 1 saturated carbocycles. The largest absolute Gasteiger partial charge is 0.480 e. The normalized spacial score (nSPS) is 17.8. The molecule has 0 radical (unpaired) electrons. The first-order chi connectivity index (χ1) is 22.0. The Balaban J connectivity index is 0.000000260. The molecule has 14 nitrogen and oxygen atoms in total. The van der Waals surface area contributed by atoms with Gasteiger partial charge in [0.05, 0.1) is 22.3 Å². The number of aliphatic carboxylic acids is 4. The fourth-order valence-corrected chi connectivity index (χ4v) is 6.01. The molecule has 48 heavy (non-hydrogen) atoms. The summed E-state index contributed by atoms with van der Waals surface area (Å²) in [5, 5.41) is 35.8. The lowest BCUT2D eigenvalue weighted by Gasteiger charge is -2.38. The summed E-state index contributed by atoms with van der Waals surface area (Å²) < 4.78 is 93.7. The van der Waals surface area contributed by atoms with Crippen molar-refractivity contribution in [3.05, 3.63) is 69.8 Å². The van der Waals surface area contributed by atoms with E-state index in [1.165, 1.54) is 0 Å². The highest BCUT2D eigenvalue weighted by Gasteiger charge is 2.74. The predicted molar refractivity (Wildman–Crippen MR) is 135 cm³/mol. The second kappa shape index (κ2) is 11.2. The van der Waals surface area contributed by atoms with Crippen LogP contribution in [0.2, 0.25) is 0 Å². The first kappa shape index (κ1) is 35.0. The van der Waals surface area contributed by atoms with Crippen LogP contribution in [-0.2, 0) is 34.1 Å². The number of esters is 4. The SMILES string of the molecule is O=C(O)C1(C(=O)O)CCCC1(C(=O)O)C(=O)O.O=C1OC(=O)c2cc(C(c3ccc4c(c3)C(=O)OC4=O)(C(F)(F)F)C(F)(F)F)ccc21. The van der Waals surface area contributed by atoms with Crippen molar-refractivity contribution < 1.29 is 94.6 Å². The van der Waals surface area contributed by atoms with Crippen molar-refractivity contribution in [1.82, 2.24) is 0 Å². The number of hydrogen-bond donors (Lipinski definition) is 4. The number of halogens is 6. The molecule has 1 aliphatic carbocycles. The molecule has 2 heterocycles. The van der Waals surface area contributed by atoms with Crippen LogP contribution in [0.3, 0.4) is 0 Å². The highest BCUT2D eigenvalue weighted by molar-refractivity contribution is 6.16. The van der Waals surface area contributed by atoms with Crippen LogP contribution < -0.4 is 0 Å². The summed E-state index contributed by atoms with van der Waals surface area (Å²) in [6, 6.07) is 2.60. The van der Waals surface area contributed by atoms with E-state index in [0.29, 0.717) is 24.3 Å².